The third-order valence-corrected chi connectivity index (χ3v) is 2.84. The fourth-order valence-corrected chi connectivity index (χ4v) is 1.63. The summed E-state index contributed by atoms with van der Waals surface area (Å²) in [7, 11) is 2.09. The van der Waals surface area contributed by atoms with E-state index in [2.05, 4.69) is 42.2 Å². The molecule has 3 heteroatoms. The fourth-order valence-electron chi connectivity index (χ4n) is 1.63. The fraction of sp³-hybridized carbons (Fsp3) is 0.545. The molecule has 14 heavy (non-hydrogen) atoms. The van der Waals surface area contributed by atoms with E-state index in [9.17, 15) is 0 Å². The van der Waals surface area contributed by atoms with Crippen molar-refractivity contribution in [3.8, 4) is 0 Å². The largest absolute Gasteiger partial charge is 0.357 e. The van der Waals surface area contributed by atoms with Gasteiger partial charge in [0, 0.05) is 32.4 Å². The van der Waals surface area contributed by atoms with Gasteiger partial charge >= 0.3 is 0 Å². The Morgan fingerprint density at radius 3 is 2.79 bits per heavy atom. The number of anilines is 1. The van der Waals surface area contributed by atoms with E-state index in [1.807, 2.05) is 6.20 Å². The Morgan fingerprint density at radius 1 is 1.36 bits per heavy atom. The molecule has 0 aromatic carbocycles. The van der Waals surface area contributed by atoms with Crippen LogP contribution in [0.1, 0.15) is 25.0 Å². The van der Waals surface area contributed by atoms with Crippen LogP contribution in [0.5, 0.6) is 0 Å². The Balaban J connectivity index is 2.28. The van der Waals surface area contributed by atoms with E-state index in [0.29, 0.717) is 6.04 Å². The average Bonchev–Trinajstić information content (AvgIpc) is 2.62. The Bertz CT molecular complexity index is 333. The second kappa shape index (κ2) is 3.58. The lowest BCUT2D eigenvalue weighted by molar-refractivity contribution is 0.742. The molecule has 0 amide bonds. The summed E-state index contributed by atoms with van der Waals surface area (Å²) in [5, 5.41) is 3.32. The van der Waals surface area contributed by atoms with Crippen LogP contribution in [0.3, 0.4) is 0 Å². The number of hydrogen-bond acceptors (Lipinski definition) is 3. The highest BCUT2D eigenvalue weighted by molar-refractivity contribution is 5.44. The van der Waals surface area contributed by atoms with E-state index in [1.165, 1.54) is 11.1 Å². The molecule has 0 spiro atoms. The van der Waals surface area contributed by atoms with Gasteiger partial charge in [-0.05, 0) is 31.0 Å². The van der Waals surface area contributed by atoms with Crippen LogP contribution in [-0.2, 0) is 13.1 Å². The van der Waals surface area contributed by atoms with E-state index in [4.69, 9.17) is 0 Å². The molecule has 76 valence electrons. The molecule has 0 bridgehead atoms. The van der Waals surface area contributed by atoms with Crippen molar-refractivity contribution in [2.24, 2.45) is 0 Å². The van der Waals surface area contributed by atoms with Crippen LogP contribution in [0.15, 0.2) is 12.3 Å². The predicted molar refractivity (Wildman–Crippen MR) is 58.3 cm³/mol. The van der Waals surface area contributed by atoms with E-state index < -0.39 is 0 Å². The van der Waals surface area contributed by atoms with Gasteiger partial charge in [-0.2, -0.15) is 0 Å². The molecule has 1 aliphatic heterocycles. The zero-order valence-corrected chi connectivity index (χ0v) is 9.04. The van der Waals surface area contributed by atoms with Crippen molar-refractivity contribution in [1.82, 2.24) is 10.3 Å². The molecule has 0 atom stereocenters. The van der Waals surface area contributed by atoms with Gasteiger partial charge in [0.1, 0.15) is 5.82 Å². The van der Waals surface area contributed by atoms with Crippen LogP contribution >= 0.6 is 0 Å². The van der Waals surface area contributed by atoms with Crippen molar-refractivity contribution >= 4 is 5.82 Å². The zero-order chi connectivity index (χ0) is 10.1. The van der Waals surface area contributed by atoms with Crippen LogP contribution in [0.4, 0.5) is 5.82 Å². The summed E-state index contributed by atoms with van der Waals surface area (Å²) in [5.74, 6) is 1.07. The minimum atomic E-state index is 0.495. The lowest BCUT2D eigenvalue weighted by Gasteiger charge is -2.22. The molecule has 1 aromatic rings. The molecule has 0 radical (unpaired) electrons. The first-order valence-electron chi connectivity index (χ1n) is 5.10. The van der Waals surface area contributed by atoms with Gasteiger partial charge in [0.15, 0.2) is 0 Å². The van der Waals surface area contributed by atoms with Crippen LogP contribution in [0, 0.1) is 0 Å². The van der Waals surface area contributed by atoms with Gasteiger partial charge in [-0.3, -0.25) is 0 Å². The molecular formula is C11H17N3. The zero-order valence-electron chi connectivity index (χ0n) is 9.04. The van der Waals surface area contributed by atoms with Gasteiger partial charge in [-0.25, -0.2) is 4.98 Å². The molecule has 1 N–H and O–H groups in total. The summed E-state index contributed by atoms with van der Waals surface area (Å²) >= 11 is 0. The molecule has 2 heterocycles. The van der Waals surface area contributed by atoms with Crippen molar-refractivity contribution in [2.45, 2.75) is 33.0 Å². The molecule has 3 nitrogen and oxygen atoms in total. The highest BCUT2D eigenvalue weighted by Crippen LogP contribution is 2.20. The van der Waals surface area contributed by atoms with Crippen molar-refractivity contribution < 1.29 is 0 Å². The number of pyridine rings is 1. The van der Waals surface area contributed by atoms with Crippen LogP contribution < -0.4 is 10.2 Å². The van der Waals surface area contributed by atoms with Gasteiger partial charge in [-0.15, -0.1) is 0 Å². The molecule has 0 unspecified atom stereocenters. The first-order chi connectivity index (χ1) is 6.68. The summed E-state index contributed by atoms with van der Waals surface area (Å²) in [6, 6.07) is 2.69. The summed E-state index contributed by atoms with van der Waals surface area (Å²) < 4.78 is 0. The lowest BCUT2D eigenvalue weighted by atomic mass is 10.2. The van der Waals surface area contributed by atoms with E-state index >= 15 is 0 Å². The maximum absolute atomic E-state index is 4.46. The molecule has 0 aliphatic carbocycles. The van der Waals surface area contributed by atoms with Crippen LogP contribution in [-0.4, -0.2) is 18.1 Å². The summed E-state index contributed by atoms with van der Waals surface area (Å²) in [5.41, 5.74) is 2.73. The number of rotatable bonds is 2. The van der Waals surface area contributed by atoms with E-state index in [-0.39, 0.29) is 0 Å². The number of nitrogens with one attached hydrogen (secondary N) is 1. The summed E-state index contributed by atoms with van der Waals surface area (Å²) in [4.78, 5) is 6.65. The molecule has 0 saturated carbocycles. The lowest BCUT2D eigenvalue weighted by Crippen LogP contribution is -2.26. The summed E-state index contributed by atoms with van der Waals surface area (Å²) in [6.45, 7) is 6.30. The smallest absolute Gasteiger partial charge is 0.128 e. The molecule has 2 rings (SSSR count). The molecule has 0 fully saturated rings. The molecule has 1 aromatic heterocycles. The topological polar surface area (TPSA) is 28.2 Å². The Labute approximate surface area is 85.1 Å². The standard InChI is InChI=1S/C11H17N3/c1-8(2)14(3)11-4-9-5-12-6-10(9)7-13-11/h4,7-8,12H,5-6H2,1-3H3. The number of fused-ring (bicyclic) bond motifs is 1. The Hall–Kier alpha value is -1.09. The van der Waals surface area contributed by atoms with Crippen LogP contribution in [0.25, 0.3) is 0 Å². The average molecular weight is 191 g/mol. The van der Waals surface area contributed by atoms with Gasteiger partial charge < -0.3 is 10.2 Å². The number of nitrogens with zero attached hydrogens (tertiary/aromatic N) is 2. The van der Waals surface area contributed by atoms with Crippen molar-refractivity contribution in [1.29, 1.82) is 0 Å². The minimum absolute atomic E-state index is 0.495. The van der Waals surface area contributed by atoms with Gasteiger partial charge in [0.25, 0.3) is 0 Å². The maximum atomic E-state index is 4.46. The SMILES string of the molecule is CC(C)N(C)c1cc2c(cn1)CNC2. The second-order valence-corrected chi connectivity index (χ2v) is 4.12. The normalized spacial score (nSPS) is 14.6. The highest BCUT2D eigenvalue weighted by atomic mass is 15.2. The molecule has 0 saturated heterocycles. The van der Waals surface area contributed by atoms with Gasteiger partial charge in [0.2, 0.25) is 0 Å². The second-order valence-electron chi connectivity index (χ2n) is 4.12. The molecule has 1 aliphatic rings. The third-order valence-electron chi connectivity index (χ3n) is 2.84. The predicted octanol–water partition coefficient (Wildman–Crippen LogP) is 1.53. The van der Waals surface area contributed by atoms with Gasteiger partial charge in [0.05, 0.1) is 0 Å². The highest BCUT2D eigenvalue weighted by Gasteiger charge is 2.13. The quantitative estimate of drug-likeness (QED) is 0.768. The van der Waals surface area contributed by atoms with Crippen LogP contribution in [0.2, 0.25) is 0 Å². The molecular weight excluding hydrogens is 174 g/mol. The maximum Gasteiger partial charge on any atom is 0.128 e. The van der Waals surface area contributed by atoms with Gasteiger partial charge in [-0.1, -0.05) is 0 Å². The van der Waals surface area contributed by atoms with Crippen molar-refractivity contribution in [3.05, 3.63) is 23.4 Å². The van der Waals surface area contributed by atoms with Crippen molar-refractivity contribution in [3.63, 3.8) is 0 Å². The van der Waals surface area contributed by atoms with Crippen molar-refractivity contribution in [2.75, 3.05) is 11.9 Å². The third kappa shape index (κ3) is 1.60. The number of aromatic nitrogens is 1. The number of hydrogen-bond donors (Lipinski definition) is 1. The Kier molecular flexibility index (Phi) is 2.42. The first-order valence-corrected chi connectivity index (χ1v) is 5.10. The Morgan fingerprint density at radius 2 is 2.07 bits per heavy atom. The monoisotopic (exact) mass is 191 g/mol. The van der Waals surface area contributed by atoms with E-state index in [1.54, 1.807) is 0 Å². The summed E-state index contributed by atoms with van der Waals surface area (Å²) in [6.07, 6.45) is 1.99. The first kappa shape index (κ1) is 9.46. The van der Waals surface area contributed by atoms with E-state index in [0.717, 1.165) is 18.9 Å². The minimum Gasteiger partial charge on any atom is -0.357 e.